The van der Waals surface area contributed by atoms with Crippen LogP contribution in [0.5, 0.6) is 0 Å². The first-order valence-corrected chi connectivity index (χ1v) is 9.82. The summed E-state index contributed by atoms with van der Waals surface area (Å²) in [5.41, 5.74) is 3.85. The van der Waals surface area contributed by atoms with Crippen molar-refractivity contribution < 1.29 is 9.18 Å². The molecule has 0 unspecified atom stereocenters. The van der Waals surface area contributed by atoms with Crippen molar-refractivity contribution in [3.63, 3.8) is 0 Å². The minimum absolute atomic E-state index is 0.0979. The highest BCUT2D eigenvalue weighted by molar-refractivity contribution is 6.33. The number of anilines is 1. The third-order valence-corrected chi connectivity index (χ3v) is 4.86. The fourth-order valence-corrected chi connectivity index (χ4v) is 3.40. The molecule has 3 rings (SSSR count). The molecule has 1 N–H and O–H groups in total. The Labute approximate surface area is 180 Å². The number of benzene rings is 3. The molecule has 0 aliphatic carbocycles. The number of aryl methyl sites for hydroxylation is 1. The lowest BCUT2D eigenvalue weighted by molar-refractivity contribution is -0.117. The Balaban J connectivity index is 1.75. The van der Waals surface area contributed by atoms with E-state index in [2.05, 4.69) is 11.4 Å². The molecule has 0 heterocycles. The van der Waals surface area contributed by atoms with Gasteiger partial charge >= 0.3 is 0 Å². The monoisotopic (exact) mass is 421 g/mol. The molecule has 3 aromatic carbocycles. The van der Waals surface area contributed by atoms with E-state index in [0.29, 0.717) is 29.4 Å². The Kier molecular flexibility index (Phi) is 7.18. The number of nitriles is 1. The summed E-state index contributed by atoms with van der Waals surface area (Å²) in [6.45, 7) is 2.89. The van der Waals surface area contributed by atoms with Gasteiger partial charge in [-0.2, -0.15) is 5.26 Å². The molecule has 0 saturated carbocycles. The van der Waals surface area contributed by atoms with Crippen LogP contribution in [0.1, 0.15) is 22.3 Å². The summed E-state index contributed by atoms with van der Waals surface area (Å²) in [7, 11) is 0. The van der Waals surface area contributed by atoms with Crippen LogP contribution in [0.4, 0.5) is 10.1 Å². The van der Waals surface area contributed by atoms with Crippen molar-refractivity contribution in [1.82, 2.24) is 4.90 Å². The SMILES string of the molecule is Cc1ccc(NC(=O)CN(Cc2ccc(C#N)cc2)Cc2cccc(F)c2)c(Cl)c1. The molecular weight excluding hydrogens is 401 g/mol. The first-order chi connectivity index (χ1) is 14.4. The number of hydrogen-bond acceptors (Lipinski definition) is 3. The average molecular weight is 422 g/mol. The van der Waals surface area contributed by atoms with E-state index in [1.165, 1.54) is 12.1 Å². The summed E-state index contributed by atoms with van der Waals surface area (Å²) >= 11 is 6.22. The quantitative estimate of drug-likeness (QED) is 0.563. The second-order valence-corrected chi connectivity index (χ2v) is 7.52. The number of carbonyl (C=O) groups excluding carboxylic acids is 1. The molecule has 0 fully saturated rings. The Morgan fingerprint density at radius 3 is 2.47 bits per heavy atom. The van der Waals surface area contributed by atoms with E-state index in [1.807, 2.05) is 36.1 Å². The lowest BCUT2D eigenvalue weighted by Crippen LogP contribution is -2.32. The molecule has 0 aliphatic heterocycles. The molecule has 0 radical (unpaired) electrons. The molecule has 0 atom stereocenters. The van der Waals surface area contributed by atoms with Crippen LogP contribution < -0.4 is 5.32 Å². The molecule has 6 heteroatoms. The van der Waals surface area contributed by atoms with Gasteiger partial charge in [-0.1, -0.05) is 41.9 Å². The van der Waals surface area contributed by atoms with Crippen molar-refractivity contribution in [2.24, 2.45) is 0 Å². The Morgan fingerprint density at radius 2 is 1.80 bits per heavy atom. The zero-order valence-electron chi connectivity index (χ0n) is 16.5. The van der Waals surface area contributed by atoms with E-state index in [9.17, 15) is 9.18 Å². The summed E-state index contributed by atoms with van der Waals surface area (Å²) in [5.74, 6) is -0.535. The molecule has 0 spiro atoms. The summed E-state index contributed by atoms with van der Waals surface area (Å²) < 4.78 is 13.6. The standard InChI is InChI=1S/C24H21ClFN3O/c1-17-5-10-23(22(25)11-17)28-24(30)16-29(15-20-3-2-4-21(26)12-20)14-19-8-6-18(13-27)7-9-19/h2-12H,14-16H2,1H3,(H,28,30). The molecule has 0 bridgehead atoms. The summed E-state index contributed by atoms with van der Waals surface area (Å²) in [6, 6.07) is 21.0. The maximum atomic E-state index is 13.6. The minimum Gasteiger partial charge on any atom is -0.324 e. The van der Waals surface area contributed by atoms with Gasteiger partial charge in [-0.3, -0.25) is 9.69 Å². The topological polar surface area (TPSA) is 56.1 Å². The van der Waals surface area contributed by atoms with Crippen molar-refractivity contribution in [2.75, 3.05) is 11.9 Å². The molecule has 30 heavy (non-hydrogen) atoms. The predicted molar refractivity (Wildman–Crippen MR) is 116 cm³/mol. The summed E-state index contributed by atoms with van der Waals surface area (Å²) in [6.07, 6.45) is 0. The van der Waals surface area contributed by atoms with Gasteiger partial charge in [0.2, 0.25) is 5.91 Å². The third-order valence-electron chi connectivity index (χ3n) is 4.55. The van der Waals surface area contributed by atoms with Gasteiger partial charge in [0.05, 0.1) is 28.9 Å². The first-order valence-electron chi connectivity index (χ1n) is 9.45. The smallest absolute Gasteiger partial charge is 0.238 e. The Morgan fingerprint density at radius 1 is 1.07 bits per heavy atom. The third kappa shape index (κ3) is 6.15. The first kappa shape index (κ1) is 21.5. The van der Waals surface area contributed by atoms with Crippen LogP contribution in [-0.4, -0.2) is 17.4 Å². The van der Waals surface area contributed by atoms with Gasteiger partial charge in [0.25, 0.3) is 0 Å². The zero-order valence-corrected chi connectivity index (χ0v) is 17.3. The van der Waals surface area contributed by atoms with Crippen molar-refractivity contribution in [3.8, 4) is 6.07 Å². The van der Waals surface area contributed by atoms with Crippen molar-refractivity contribution in [3.05, 3.63) is 99.8 Å². The highest BCUT2D eigenvalue weighted by atomic mass is 35.5. The van der Waals surface area contributed by atoms with Gasteiger partial charge in [0.1, 0.15) is 5.82 Å². The zero-order chi connectivity index (χ0) is 21.5. The van der Waals surface area contributed by atoms with E-state index < -0.39 is 0 Å². The highest BCUT2D eigenvalue weighted by Crippen LogP contribution is 2.23. The molecule has 3 aromatic rings. The summed E-state index contributed by atoms with van der Waals surface area (Å²) in [5, 5.41) is 12.3. The molecule has 4 nitrogen and oxygen atoms in total. The highest BCUT2D eigenvalue weighted by Gasteiger charge is 2.14. The molecular formula is C24H21ClFN3O. The van der Waals surface area contributed by atoms with Gasteiger partial charge in [0, 0.05) is 13.1 Å². The number of amides is 1. The van der Waals surface area contributed by atoms with Crippen LogP contribution >= 0.6 is 11.6 Å². The van der Waals surface area contributed by atoms with Gasteiger partial charge in [-0.15, -0.1) is 0 Å². The fourth-order valence-electron chi connectivity index (χ4n) is 3.12. The minimum atomic E-state index is -0.318. The van der Waals surface area contributed by atoms with E-state index in [1.54, 1.807) is 30.3 Å². The second kappa shape index (κ2) is 10.0. The van der Waals surface area contributed by atoms with Crippen LogP contribution in [0.3, 0.4) is 0 Å². The maximum Gasteiger partial charge on any atom is 0.238 e. The van der Waals surface area contributed by atoms with Crippen molar-refractivity contribution in [2.45, 2.75) is 20.0 Å². The molecule has 0 aliphatic rings. The Hall–Kier alpha value is -3.20. The Bertz CT molecular complexity index is 1080. The van der Waals surface area contributed by atoms with Crippen LogP contribution in [0.15, 0.2) is 66.7 Å². The number of hydrogen-bond donors (Lipinski definition) is 1. The van der Waals surface area contributed by atoms with Crippen molar-refractivity contribution in [1.29, 1.82) is 5.26 Å². The number of nitrogens with zero attached hydrogens (tertiary/aromatic N) is 2. The van der Waals surface area contributed by atoms with Gasteiger partial charge in [0.15, 0.2) is 0 Å². The fraction of sp³-hybridized carbons (Fsp3) is 0.167. The van der Waals surface area contributed by atoms with Crippen molar-refractivity contribution >= 4 is 23.2 Å². The lowest BCUT2D eigenvalue weighted by atomic mass is 10.1. The number of rotatable bonds is 7. The number of halogens is 2. The van der Waals surface area contributed by atoms with Crippen LogP contribution in [0, 0.1) is 24.1 Å². The molecule has 1 amide bonds. The van der Waals surface area contributed by atoms with Crippen LogP contribution in [-0.2, 0) is 17.9 Å². The van der Waals surface area contributed by atoms with Gasteiger partial charge in [-0.05, 0) is 60.0 Å². The average Bonchev–Trinajstić information content (AvgIpc) is 2.70. The largest absolute Gasteiger partial charge is 0.324 e. The van der Waals surface area contributed by atoms with Gasteiger partial charge in [-0.25, -0.2) is 4.39 Å². The van der Waals surface area contributed by atoms with Crippen LogP contribution in [0.25, 0.3) is 0 Å². The van der Waals surface area contributed by atoms with E-state index in [0.717, 1.165) is 16.7 Å². The second-order valence-electron chi connectivity index (χ2n) is 7.12. The molecule has 0 saturated heterocycles. The molecule has 0 aromatic heterocycles. The van der Waals surface area contributed by atoms with E-state index in [-0.39, 0.29) is 18.3 Å². The number of carbonyl (C=O) groups is 1. The number of nitrogens with one attached hydrogen (secondary N) is 1. The van der Waals surface area contributed by atoms with E-state index >= 15 is 0 Å². The summed E-state index contributed by atoms with van der Waals surface area (Å²) in [4.78, 5) is 14.6. The van der Waals surface area contributed by atoms with E-state index in [4.69, 9.17) is 16.9 Å². The van der Waals surface area contributed by atoms with Crippen LogP contribution in [0.2, 0.25) is 5.02 Å². The molecule has 152 valence electrons. The van der Waals surface area contributed by atoms with Gasteiger partial charge < -0.3 is 5.32 Å². The maximum absolute atomic E-state index is 13.6. The lowest BCUT2D eigenvalue weighted by Gasteiger charge is -2.22. The normalized spacial score (nSPS) is 10.6. The predicted octanol–water partition coefficient (Wildman–Crippen LogP) is 5.30.